The van der Waals surface area contributed by atoms with E-state index < -0.39 is 7.26 Å². The van der Waals surface area contributed by atoms with E-state index in [1.54, 1.807) is 0 Å². The summed E-state index contributed by atoms with van der Waals surface area (Å²) in [5, 5.41) is 4.31. The third-order valence-corrected chi connectivity index (χ3v) is 9.11. The summed E-state index contributed by atoms with van der Waals surface area (Å²) in [7, 11) is -2.04. The molecule has 0 aliphatic heterocycles. The molecule has 0 N–H and O–H groups in total. The van der Waals surface area contributed by atoms with Crippen LogP contribution >= 0.6 is 41.1 Å². The standard InChI is InChI=1S/C21H21P.HI.H3P/c1-2-18-22(19-12-6-3-7-13-19,20-14-8-4-9-15-20)21-16-10-5-11-17-21;;/h2-17,22H,1,18H2;1H;1H3. The van der Waals surface area contributed by atoms with Crippen LogP contribution in [0.2, 0.25) is 0 Å². The van der Waals surface area contributed by atoms with E-state index >= 15 is 0 Å². The molecule has 0 bridgehead atoms. The van der Waals surface area contributed by atoms with Crippen LogP contribution in [0.4, 0.5) is 0 Å². The van der Waals surface area contributed by atoms with Crippen molar-refractivity contribution in [2.24, 2.45) is 0 Å². The molecule has 1 atom stereocenters. The van der Waals surface area contributed by atoms with E-state index in [9.17, 15) is 0 Å². The van der Waals surface area contributed by atoms with Crippen LogP contribution in [-0.4, -0.2) is 6.16 Å². The monoisotopic (exact) mass is 466 g/mol. The first kappa shape index (κ1) is 21.0. The Kier molecular flexibility index (Phi) is 8.84. The van der Waals surface area contributed by atoms with Gasteiger partial charge >= 0.3 is 133 Å². The zero-order valence-electron chi connectivity index (χ0n) is 13.8. The van der Waals surface area contributed by atoms with Crippen LogP contribution in [0.15, 0.2) is 104 Å². The molecule has 24 heavy (non-hydrogen) atoms. The van der Waals surface area contributed by atoms with E-state index in [2.05, 4.69) is 104 Å². The van der Waals surface area contributed by atoms with Gasteiger partial charge in [-0.25, -0.2) is 0 Å². The summed E-state index contributed by atoms with van der Waals surface area (Å²) in [5.74, 6) is 0. The van der Waals surface area contributed by atoms with Gasteiger partial charge in [-0.05, 0) is 0 Å². The Morgan fingerprint density at radius 1 is 0.625 bits per heavy atom. The van der Waals surface area contributed by atoms with E-state index in [4.69, 9.17) is 0 Å². The normalized spacial score (nSPS) is 10.8. The van der Waals surface area contributed by atoms with Crippen molar-refractivity contribution in [2.45, 2.75) is 0 Å². The van der Waals surface area contributed by atoms with E-state index in [0.717, 1.165) is 6.16 Å². The number of rotatable bonds is 5. The number of allylic oxidation sites excluding steroid dienone is 1. The second-order valence-electron chi connectivity index (χ2n) is 5.50. The summed E-state index contributed by atoms with van der Waals surface area (Å²) in [6.45, 7) is 4.06. The van der Waals surface area contributed by atoms with Gasteiger partial charge in [0.05, 0.1) is 0 Å². The van der Waals surface area contributed by atoms with Gasteiger partial charge in [0.1, 0.15) is 0 Å². The molecule has 0 radical (unpaired) electrons. The Labute approximate surface area is 166 Å². The topological polar surface area (TPSA) is 0 Å². The van der Waals surface area contributed by atoms with Crippen LogP contribution in [0, 0.1) is 0 Å². The number of hydrogen-bond donors (Lipinski definition) is 0. The summed E-state index contributed by atoms with van der Waals surface area (Å²) in [6, 6.07) is 32.8. The molecule has 0 nitrogen and oxygen atoms in total. The second kappa shape index (κ2) is 10.1. The van der Waals surface area contributed by atoms with Gasteiger partial charge in [-0.2, -0.15) is 9.90 Å². The molecule has 0 aromatic heterocycles. The van der Waals surface area contributed by atoms with Crippen LogP contribution in [0.3, 0.4) is 0 Å². The van der Waals surface area contributed by atoms with E-state index in [0.29, 0.717) is 0 Å². The Morgan fingerprint density at radius 2 is 0.917 bits per heavy atom. The molecule has 3 aromatic rings. The third-order valence-electron chi connectivity index (χ3n) is 4.25. The van der Waals surface area contributed by atoms with Gasteiger partial charge in [0.25, 0.3) is 0 Å². The van der Waals surface area contributed by atoms with Crippen molar-refractivity contribution in [3.05, 3.63) is 104 Å². The van der Waals surface area contributed by atoms with Crippen molar-refractivity contribution in [3.63, 3.8) is 0 Å². The van der Waals surface area contributed by atoms with Crippen molar-refractivity contribution in [2.75, 3.05) is 6.16 Å². The maximum absolute atomic E-state index is 4.06. The summed E-state index contributed by atoms with van der Waals surface area (Å²) >= 11 is 0. The molecule has 0 aliphatic carbocycles. The Hall–Kier alpha value is -1.01. The fourth-order valence-electron chi connectivity index (χ4n) is 3.24. The number of hydrogen-bond acceptors (Lipinski definition) is 0. The molecule has 126 valence electrons. The number of benzene rings is 3. The molecule has 0 amide bonds. The summed E-state index contributed by atoms with van der Waals surface area (Å²) in [5.41, 5.74) is 0. The molecule has 3 rings (SSSR count). The molecule has 3 heteroatoms. The predicted octanol–water partition coefficient (Wildman–Crippen LogP) is 4.57. The summed E-state index contributed by atoms with van der Waals surface area (Å²) < 4.78 is 0. The fourth-order valence-corrected chi connectivity index (χ4v) is 7.66. The van der Waals surface area contributed by atoms with Gasteiger partial charge in [-0.3, -0.25) is 0 Å². The average molecular weight is 466 g/mol. The van der Waals surface area contributed by atoms with Crippen molar-refractivity contribution in [3.8, 4) is 0 Å². The smallest absolute Gasteiger partial charge is 0.107 e. The van der Waals surface area contributed by atoms with Gasteiger partial charge in [-0.15, -0.1) is 24.0 Å². The predicted molar refractivity (Wildman–Crippen MR) is 128 cm³/mol. The molecular weight excluding hydrogens is 441 g/mol. The number of halogens is 1. The maximum Gasteiger partial charge on any atom is -0.107 e. The third kappa shape index (κ3) is 4.14. The Morgan fingerprint density at radius 3 is 1.17 bits per heavy atom. The molecule has 3 aromatic carbocycles. The van der Waals surface area contributed by atoms with Crippen molar-refractivity contribution in [1.82, 2.24) is 0 Å². The van der Waals surface area contributed by atoms with Gasteiger partial charge in [0.2, 0.25) is 0 Å². The van der Waals surface area contributed by atoms with Crippen molar-refractivity contribution >= 4 is 57.1 Å². The van der Waals surface area contributed by atoms with Crippen LogP contribution in [0.5, 0.6) is 0 Å². The Balaban J connectivity index is 0.00000144. The van der Waals surface area contributed by atoms with Crippen LogP contribution < -0.4 is 15.9 Å². The van der Waals surface area contributed by atoms with Gasteiger partial charge in [-0.1, -0.05) is 0 Å². The molecule has 0 saturated heterocycles. The second-order valence-corrected chi connectivity index (χ2v) is 9.45. The molecule has 0 aliphatic rings. The van der Waals surface area contributed by atoms with Crippen LogP contribution in [-0.2, 0) is 0 Å². The first-order valence-electron chi connectivity index (χ1n) is 7.65. The minimum Gasteiger partial charge on any atom is -0.153 e. The van der Waals surface area contributed by atoms with E-state index in [1.165, 1.54) is 15.9 Å². The van der Waals surface area contributed by atoms with Gasteiger partial charge in [0.15, 0.2) is 0 Å². The minimum absolute atomic E-state index is 0. The van der Waals surface area contributed by atoms with E-state index in [-0.39, 0.29) is 33.9 Å². The summed E-state index contributed by atoms with van der Waals surface area (Å²) in [6.07, 6.45) is 3.09. The molecule has 0 fully saturated rings. The molecule has 0 heterocycles. The quantitative estimate of drug-likeness (QED) is 0.294. The zero-order valence-corrected chi connectivity index (χ0v) is 18.5. The molecule has 0 spiro atoms. The first-order chi connectivity index (χ1) is 10.9. The summed E-state index contributed by atoms with van der Waals surface area (Å²) in [4.78, 5) is 0. The van der Waals surface area contributed by atoms with Gasteiger partial charge in [0, 0.05) is 0 Å². The molecule has 1 unspecified atom stereocenters. The SMILES string of the molecule is C=CC[PH](c1ccccc1)(c1ccccc1)c1ccccc1.I.P. The van der Waals surface area contributed by atoms with E-state index in [1.807, 2.05) is 0 Å². The largest absolute Gasteiger partial charge is 0.153 e. The first-order valence-corrected chi connectivity index (χ1v) is 9.86. The van der Waals surface area contributed by atoms with Crippen molar-refractivity contribution < 1.29 is 0 Å². The molecule has 0 saturated carbocycles. The Bertz CT molecular complexity index is 631. The van der Waals surface area contributed by atoms with Crippen LogP contribution in [0.25, 0.3) is 0 Å². The van der Waals surface area contributed by atoms with Gasteiger partial charge < -0.3 is 0 Å². The average Bonchev–Trinajstić information content (AvgIpc) is 2.62. The molecular formula is C21H25IP2. The fraction of sp³-hybridized carbons (Fsp3) is 0.0476. The maximum atomic E-state index is 4.06. The zero-order chi connectivity index (χ0) is 15.3. The minimum atomic E-state index is -2.04. The van der Waals surface area contributed by atoms with Crippen molar-refractivity contribution in [1.29, 1.82) is 0 Å². The van der Waals surface area contributed by atoms with Crippen LogP contribution in [0.1, 0.15) is 0 Å².